The largest absolute Gasteiger partial charge is 0.370 e. The Labute approximate surface area is 284 Å². The lowest BCUT2D eigenvalue weighted by atomic mass is 10.0. The summed E-state index contributed by atoms with van der Waals surface area (Å²) in [6.07, 6.45) is 1.81. The van der Waals surface area contributed by atoms with E-state index in [4.69, 9.17) is 11.5 Å². The number of rotatable bonds is 13. The highest BCUT2D eigenvalue weighted by Crippen LogP contribution is 2.37. The maximum Gasteiger partial charge on any atom is 0.257 e. The third-order valence-corrected chi connectivity index (χ3v) is 8.18. The number of fused-ring (bicyclic) bond motifs is 2. The number of guanidine groups is 1. The fourth-order valence-corrected chi connectivity index (χ4v) is 5.67. The van der Waals surface area contributed by atoms with Gasteiger partial charge in [0.25, 0.3) is 5.91 Å². The predicted octanol–water partition coefficient (Wildman–Crippen LogP) is -0.323. The predicted molar refractivity (Wildman–Crippen MR) is 184 cm³/mol. The Balaban J connectivity index is 1.24. The molecule has 16 nitrogen and oxygen atoms in total. The second-order valence-corrected chi connectivity index (χ2v) is 12.0. The van der Waals surface area contributed by atoms with E-state index in [0.29, 0.717) is 55.0 Å². The lowest BCUT2D eigenvalue weighted by molar-refractivity contribution is -0.134. The van der Waals surface area contributed by atoms with E-state index in [1.807, 2.05) is 11.0 Å². The van der Waals surface area contributed by atoms with Gasteiger partial charge in [-0.05, 0) is 56.9 Å². The molecule has 0 radical (unpaired) electrons. The number of nitrogens with one attached hydrogen (secondary N) is 5. The fourth-order valence-electron chi connectivity index (χ4n) is 5.67. The van der Waals surface area contributed by atoms with Crippen molar-refractivity contribution in [2.45, 2.75) is 57.7 Å². The van der Waals surface area contributed by atoms with Gasteiger partial charge in [0.1, 0.15) is 6.04 Å². The van der Waals surface area contributed by atoms with Crippen LogP contribution < -0.4 is 43.0 Å². The topological polar surface area (TPSA) is 233 Å². The molecule has 2 aromatic carbocycles. The summed E-state index contributed by atoms with van der Waals surface area (Å²) in [7, 11) is 0. The minimum Gasteiger partial charge on any atom is -0.370 e. The van der Waals surface area contributed by atoms with Crippen molar-refractivity contribution >= 4 is 58.5 Å². The molecule has 0 spiro atoms. The standard InChI is InChI=1S/C33H44N10O6/c1-20(30(47)41-25(32(49)38-21(2)44)10-7-15-36-33(34)35)37-18-28(45)39-22-13-16-42(17-14-22)19-29(46)43-26-11-5-3-8-23(26)31(48)40-24-9-4-6-12-27(24)43/h3-6,8-9,11-12,20,22,25,37H,7,10,13-19H2,1-2H3,(H,39,45)(H,40,48)(H,41,47)(H4,34,35,36)(H,38,44,49)/t20-,25-/m0/s1. The summed E-state index contributed by atoms with van der Waals surface area (Å²) in [5.41, 5.74) is 12.7. The van der Waals surface area contributed by atoms with Gasteiger partial charge in [0.05, 0.1) is 41.8 Å². The van der Waals surface area contributed by atoms with Crippen LogP contribution in [0.25, 0.3) is 0 Å². The number of imide groups is 1. The highest BCUT2D eigenvalue weighted by molar-refractivity contribution is 6.18. The first kappa shape index (κ1) is 36.5. The second-order valence-electron chi connectivity index (χ2n) is 12.0. The molecule has 2 atom stereocenters. The number of amides is 6. The number of hydrogen-bond donors (Lipinski definition) is 7. The van der Waals surface area contributed by atoms with Gasteiger partial charge in [0, 0.05) is 32.6 Å². The van der Waals surface area contributed by atoms with Crippen LogP contribution in [0, 0.1) is 0 Å². The van der Waals surface area contributed by atoms with Gasteiger partial charge >= 0.3 is 0 Å². The summed E-state index contributed by atoms with van der Waals surface area (Å²) in [6.45, 7) is 4.14. The molecule has 2 aromatic rings. The second kappa shape index (κ2) is 17.2. The molecule has 9 N–H and O–H groups in total. The zero-order valence-electron chi connectivity index (χ0n) is 27.7. The molecule has 0 aromatic heterocycles. The van der Waals surface area contributed by atoms with E-state index in [1.165, 1.54) is 6.92 Å². The van der Waals surface area contributed by atoms with Crippen molar-refractivity contribution in [3.05, 3.63) is 54.1 Å². The van der Waals surface area contributed by atoms with Crippen LogP contribution in [0.4, 0.5) is 17.1 Å². The maximum atomic E-state index is 13.7. The smallest absolute Gasteiger partial charge is 0.257 e. The molecule has 1 fully saturated rings. The van der Waals surface area contributed by atoms with Gasteiger partial charge in [-0.1, -0.05) is 24.3 Å². The van der Waals surface area contributed by atoms with Crippen molar-refractivity contribution in [2.75, 3.05) is 42.9 Å². The highest BCUT2D eigenvalue weighted by atomic mass is 16.2. The Kier molecular flexibility index (Phi) is 12.8. The van der Waals surface area contributed by atoms with Gasteiger partial charge in [-0.25, -0.2) is 0 Å². The number of nitrogens with zero attached hydrogens (tertiary/aromatic N) is 3. The summed E-state index contributed by atoms with van der Waals surface area (Å²) in [5.74, 6) is -2.58. The third kappa shape index (κ3) is 10.3. The number of hydrogen-bond acceptors (Lipinski definition) is 9. The Morgan fingerprint density at radius 2 is 1.65 bits per heavy atom. The minimum atomic E-state index is -0.997. The Morgan fingerprint density at radius 1 is 0.980 bits per heavy atom. The molecule has 0 aliphatic carbocycles. The van der Waals surface area contributed by atoms with Crippen molar-refractivity contribution in [2.24, 2.45) is 16.5 Å². The Hall–Kier alpha value is -5.35. The maximum absolute atomic E-state index is 13.7. The van der Waals surface area contributed by atoms with Crippen LogP contribution in [0.2, 0.25) is 0 Å². The lowest BCUT2D eigenvalue weighted by Crippen LogP contribution is -2.54. The molecule has 49 heavy (non-hydrogen) atoms. The molecule has 4 rings (SSSR count). The fraction of sp³-hybridized carbons (Fsp3) is 0.424. The van der Waals surface area contributed by atoms with Crippen LogP contribution in [0.5, 0.6) is 0 Å². The number of carbonyl (C=O) groups excluding carboxylic acids is 6. The number of benzene rings is 2. The van der Waals surface area contributed by atoms with Crippen LogP contribution in [0.15, 0.2) is 53.5 Å². The summed E-state index contributed by atoms with van der Waals surface area (Å²) in [5, 5.41) is 13.5. The summed E-state index contributed by atoms with van der Waals surface area (Å²) in [4.78, 5) is 83.5. The van der Waals surface area contributed by atoms with Crippen molar-refractivity contribution in [1.82, 2.24) is 26.2 Å². The minimum absolute atomic E-state index is 0.0932. The number of anilines is 3. The first-order valence-electron chi connectivity index (χ1n) is 16.2. The van der Waals surface area contributed by atoms with Crippen molar-refractivity contribution in [3.63, 3.8) is 0 Å². The van der Waals surface area contributed by atoms with E-state index in [-0.39, 0.29) is 55.8 Å². The summed E-state index contributed by atoms with van der Waals surface area (Å²) >= 11 is 0. The van der Waals surface area contributed by atoms with E-state index < -0.39 is 29.8 Å². The Morgan fingerprint density at radius 3 is 2.35 bits per heavy atom. The van der Waals surface area contributed by atoms with Gasteiger partial charge in [-0.2, -0.15) is 0 Å². The molecular formula is C33H44N10O6. The molecule has 262 valence electrons. The van der Waals surface area contributed by atoms with Gasteiger partial charge < -0.3 is 27.4 Å². The number of carbonyl (C=O) groups is 6. The van der Waals surface area contributed by atoms with Crippen LogP contribution >= 0.6 is 0 Å². The van der Waals surface area contributed by atoms with Crippen molar-refractivity contribution in [1.29, 1.82) is 0 Å². The highest BCUT2D eigenvalue weighted by Gasteiger charge is 2.31. The quantitative estimate of drug-likeness (QED) is 0.0830. The van der Waals surface area contributed by atoms with Gasteiger partial charge in [-0.15, -0.1) is 0 Å². The third-order valence-electron chi connectivity index (χ3n) is 8.18. The van der Waals surface area contributed by atoms with Crippen LogP contribution in [0.1, 0.15) is 49.9 Å². The van der Waals surface area contributed by atoms with Gasteiger partial charge in [-0.3, -0.25) is 54.2 Å². The van der Waals surface area contributed by atoms with E-state index >= 15 is 0 Å². The number of para-hydroxylation sites is 3. The molecule has 6 amide bonds. The van der Waals surface area contributed by atoms with Crippen LogP contribution in [-0.4, -0.2) is 97.2 Å². The zero-order chi connectivity index (χ0) is 35.5. The van der Waals surface area contributed by atoms with E-state index in [2.05, 4.69) is 31.6 Å². The van der Waals surface area contributed by atoms with Crippen LogP contribution in [-0.2, 0) is 24.0 Å². The number of piperidine rings is 1. The van der Waals surface area contributed by atoms with Crippen molar-refractivity contribution < 1.29 is 28.8 Å². The molecule has 2 aliphatic heterocycles. The number of likely N-dealkylation sites (tertiary alicyclic amines) is 1. The molecule has 1 saturated heterocycles. The molecule has 2 heterocycles. The van der Waals surface area contributed by atoms with E-state index in [9.17, 15) is 28.8 Å². The van der Waals surface area contributed by atoms with Gasteiger partial charge in [0.15, 0.2) is 5.96 Å². The Bertz CT molecular complexity index is 1590. The average Bonchev–Trinajstić information content (AvgIpc) is 3.19. The van der Waals surface area contributed by atoms with Crippen molar-refractivity contribution in [3.8, 4) is 0 Å². The van der Waals surface area contributed by atoms with E-state index in [1.54, 1.807) is 54.3 Å². The first-order chi connectivity index (χ1) is 23.4. The molecule has 0 saturated carbocycles. The monoisotopic (exact) mass is 676 g/mol. The normalized spacial score (nSPS) is 15.7. The van der Waals surface area contributed by atoms with Gasteiger partial charge in [0.2, 0.25) is 29.5 Å². The molecule has 0 bridgehead atoms. The average molecular weight is 677 g/mol. The lowest BCUT2D eigenvalue weighted by Gasteiger charge is -2.33. The number of aliphatic imine (C=N–C) groups is 1. The zero-order valence-corrected chi connectivity index (χ0v) is 27.7. The van der Waals surface area contributed by atoms with Crippen LogP contribution in [0.3, 0.4) is 0 Å². The summed E-state index contributed by atoms with van der Waals surface area (Å²) in [6, 6.07) is 12.3. The molecule has 2 aliphatic rings. The number of nitrogens with two attached hydrogens (primary N) is 2. The van der Waals surface area contributed by atoms with E-state index in [0.717, 1.165) is 0 Å². The summed E-state index contributed by atoms with van der Waals surface area (Å²) < 4.78 is 0. The SMILES string of the molecule is CC(=O)NC(=O)[C@H](CCCN=C(N)N)NC(=O)[C@H](C)NCC(=O)NC1CCN(CC(=O)N2c3ccccc3NC(=O)c3ccccc32)CC1. The molecule has 16 heteroatoms. The first-order valence-corrected chi connectivity index (χ1v) is 16.2. The molecule has 0 unspecified atom stereocenters. The molecular weight excluding hydrogens is 632 g/mol.